The van der Waals surface area contributed by atoms with E-state index in [9.17, 15) is 4.79 Å². The molecular formula is C21H22N6O. The van der Waals surface area contributed by atoms with E-state index >= 15 is 0 Å². The van der Waals surface area contributed by atoms with Crippen molar-refractivity contribution in [3.63, 3.8) is 0 Å². The summed E-state index contributed by atoms with van der Waals surface area (Å²) in [4.78, 5) is 24.0. The second-order valence-corrected chi connectivity index (χ2v) is 7.46. The monoisotopic (exact) mass is 374 g/mol. The zero-order valence-electron chi connectivity index (χ0n) is 15.5. The first kappa shape index (κ1) is 16.9. The molecule has 1 amide bonds. The molecule has 2 fully saturated rings. The van der Waals surface area contributed by atoms with Gasteiger partial charge >= 0.3 is 0 Å². The fraction of sp³-hybridized carbons (Fsp3) is 0.333. The lowest BCUT2D eigenvalue weighted by atomic mass is 10.1. The predicted octanol–water partition coefficient (Wildman–Crippen LogP) is 2.55. The van der Waals surface area contributed by atoms with Crippen LogP contribution in [0.1, 0.15) is 41.2 Å². The van der Waals surface area contributed by atoms with E-state index in [0.717, 1.165) is 36.8 Å². The quantitative estimate of drug-likeness (QED) is 0.743. The van der Waals surface area contributed by atoms with E-state index in [1.54, 1.807) is 10.9 Å². The minimum atomic E-state index is -0.0616. The van der Waals surface area contributed by atoms with Crippen molar-refractivity contribution in [2.75, 3.05) is 18.0 Å². The second kappa shape index (κ2) is 7.07. The minimum Gasteiger partial charge on any atom is -0.347 e. The fourth-order valence-corrected chi connectivity index (χ4v) is 3.66. The van der Waals surface area contributed by atoms with Crippen LogP contribution in [0.2, 0.25) is 0 Å². The van der Waals surface area contributed by atoms with Crippen LogP contribution in [-0.4, -0.2) is 44.8 Å². The Labute approximate surface area is 163 Å². The number of carbonyl (C=O) groups is 1. The third kappa shape index (κ3) is 3.47. The molecule has 1 aliphatic heterocycles. The number of hydrogen-bond acceptors (Lipinski definition) is 5. The molecule has 2 aromatic heterocycles. The number of aromatic nitrogens is 4. The van der Waals surface area contributed by atoms with Crippen molar-refractivity contribution in [3.05, 3.63) is 66.2 Å². The van der Waals surface area contributed by atoms with Gasteiger partial charge in [-0.25, -0.2) is 14.6 Å². The molecule has 1 N–H and O–H groups in total. The number of rotatable bonds is 5. The molecule has 1 saturated heterocycles. The van der Waals surface area contributed by atoms with E-state index in [1.165, 1.54) is 12.8 Å². The smallest absolute Gasteiger partial charge is 0.251 e. The first-order chi connectivity index (χ1) is 13.8. The van der Waals surface area contributed by atoms with Crippen LogP contribution in [0, 0.1) is 0 Å². The van der Waals surface area contributed by atoms with Crippen molar-refractivity contribution in [2.24, 2.45) is 0 Å². The summed E-state index contributed by atoms with van der Waals surface area (Å²) in [6.07, 6.45) is 8.78. The number of nitrogens with zero attached hydrogens (tertiary/aromatic N) is 5. The van der Waals surface area contributed by atoms with Gasteiger partial charge in [0.2, 0.25) is 5.95 Å². The van der Waals surface area contributed by atoms with Gasteiger partial charge in [0.1, 0.15) is 0 Å². The Morgan fingerprint density at radius 2 is 2.04 bits per heavy atom. The maximum Gasteiger partial charge on any atom is 0.251 e. The van der Waals surface area contributed by atoms with Crippen LogP contribution in [0.3, 0.4) is 0 Å². The highest BCUT2D eigenvalue weighted by molar-refractivity contribution is 5.95. The van der Waals surface area contributed by atoms with Crippen molar-refractivity contribution in [1.29, 1.82) is 0 Å². The Kier molecular flexibility index (Phi) is 4.27. The highest BCUT2D eigenvalue weighted by atomic mass is 16.1. The Hall–Kier alpha value is -3.22. The van der Waals surface area contributed by atoms with Crippen LogP contribution in [-0.2, 0) is 0 Å². The second-order valence-electron chi connectivity index (χ2n) is 7.46. The van der Waals surface area contributed by atoms with Crippen molar-refractivity contribution in [2.45, 2.75) is 31.2 Å². The molecule has 7 heteroatoms. The maximum absolute atomic E-state index is 12.7. The van der Waals surface area contributed by atoms with Gasteiger partial charge in [0.25, 0.3) is 5.91 Å². The lowest BCUT2D eigenvalue weighted by Crippen LogP contribution is -2.37. The number of anilines is 1. The molecule has 1 aliphatic carbocycles. The molecule has 1 aromatic carbocycles. The van der Waals surface area contributed by atoms with Gasteiger partial charge in [0, 0.05) is 54.9 Å². The third-order valence-corrected chi connectivity index (χ3v) is 5.34. The van der Waals surface area contributed by atoms with Gasteiger partial charge in [-0.1, -0.05) is 6.07 Å². The Bertz CT molecular complexity index is 982. The summed E-state index contributed by atoms with van der Waals surface area (Å²) in [5.41, 5.74) is 2.65. The number of hydrogen-bond donors (Lipinski definition) is 1. The molecule has 0 radical (unpaired) electrons. The summed E-state index contributed by atoms with van der Waals surface area (Å²) in [6.45, 7) is 1.59. The summed E-state index contributed by atoms with van der Waals surface area (Å²) in [6, 6.07) is 11.5. The fourth-order valence-electron chi connectivity index (χ4n) is 3.66. The minimum absolute atomic E-state index is 0.0616. The molecule has 3 heterocycles. The summed E-state index contributed by atoms with van der Waals surface area (Å²) in [5.74, 6) is 1.33. The topological polar surface area (TPSA) is 75.9 Å². The number of benzene rings is 1. The van der Waals surface area contributed by atoms with Crippen molar-refractivity contribution >= 4 is 11.9 Å². The maximum atomic E-state index is 12.7. The molecule has 1 saturated carbocycles. The zero-order chi connectivity index (χ0) is 18.9. The van der Waals surface area contributed by atoms with Gasteiger partial charge in [-0.05, 0) is 49.6 Å². The molecular weight excluding hydrogens is 352 g/mol. The normalized spacial score (nSPS) is 19.0. The molecule has 1 unspecified atom stereocenters. The predicted molar refractivity (Wildman–Crippen MR) is 106 cm³/mol. The van der Waals surface area contributed by atoms with Gasteiger partial charge in [-0.2, -0.15) is 5.10 Å². The number of nitrogens with one attached hydrogen (secondary N) is 1. The summed E-state index contributed by atoms with van der Waals surface area (Å²) in [7, 11) is 0. The number of carbonyl (C=O) groups excluding carboxylic acids is 1. The molecule has 28 heavy (non-hydrogen) atoms. The molecule has 7 nitrogen and oxygen atoms in total. The highest BCUT2D eigenvalue weighted by Gasteiger charge is 2.29. The van der Waals surface area contributed by atoms with E-state index in [2.05, 4.69) is 20.3 Å². The standard InChI is InChI=1S/C21H22N6O/c28-20(16-3-1-4-18(13-16)27-11-2-9-23-27)24-17-8-12-26(14-17)21-22-10-7-19(25-21)15-5-6-15/h1-4,7,9-11,13,15,17H,5-6,8,12,14H2,(H,24,28). The van der Waals surface area contributed by atoms with Gasteiger partial charge < -0.3 is 10.2 Å². The van der Waals surface area contributed by atoms with Gasteiger partial charge in [0.05, 0.1) is 5.69 Å². The molecule has 0 spiro atoms. The lowest BCUT2D eigenvalue weighted by molar-refractivity contribution is 0.0940. The Balaban J connectivity index is 1.24. The average molecular weight is 374 g/mol. The van der Waals surface area contributed by atoms with Crippen LogP contribution in [0.4, 0.5) is 5.95 Å². The van der Waals surface area contributed by atoms with Crippen LogP contribution in [0.25, 0.3) is 5.69 Å². The van der Waals surface area contributed by atoms with Crippen LogP contribution in [0.5, 0.6) is 0 Å². The highest BCUT2D eigenvalue weighted by Crippen LogP contribution is 2.39. The molecule has 142 valence electrons. The molecule has 3 aromatic rings. The number of amides is 1. The van der Waals surface area contributed by atoms with Crippen LogP contribution < -0.4 is 10.2 Å². The van der Waals surface area contributed by atoms with Crippen molar-refractivity contribution in [1.82, 2.24) is 25.1 Å². The van der Waals surface area contributed by atoms with Gasteiger partial charge in [0.15, 0.2) is 0 Å². The van der Waals surface area contributed by atoms with E-state index < -0.39 is 0 Å². The Morgan fingerprint density at radius 3 is 2.86 bits per heavy atom. The Morgan fingerprint density at radius 1 is 1.11 bits per heavy atom. The molecule has 5 rings (SSSR count). The molecule has 2 aliphatic rings. The average Bonchev–Trinajstić information content (AvgIpc) is 3.24. The summed E-state index contributed by atoms with van der Waals surface area (Å²) >= 11 is 0. The first-order valence-electron chi connectivity index (χ1n) is 9.75. The van der Waals surface area contributed by atoms with Gasteiger partial charge in [-0.15, -0.1) is 0 Å². The van der Waals surface area contributed by atoms with Crippen LogP contribution in [0.15, 0.2) is 55.0 Å². The zero-order valence-corrected chi connectivity index (χ0v) is 15.5. The summed E-state index contributed by atoms with van der Waals surface area (Å²) in [5, 5.41) is 7.37. The van der Waals surface area contributed by atoms with E-state index in [1.807, 2.05) is 48.8 Å². The largest absolute Gasteiger partial charge is 0.347 e. The van der Waals surface area contributed by atoms with Gasteiger partial charge in [-0.3, -0.25) is 4.79 Å². The molecule has 0 bridgehead atoms. The van der Waals surface area contributed by atoms with Crippen molar-refractivity contribution < 1.29 is 4.79 Å². The SMILES string of the molecule is O=C(NC1CCN(c2nccc(C3CC3)n2)C1)c1cccc(-n2cccn2)c1. The first-order valence-corrected chi connectivity index (χ1v) is 9.75. The third-order valence-electron chi connectivity index (χ3n) is 5.34. The van der Waals surface area contributed by atoms with E-state index in [0.29, 0.717) is 11.5 Å². The van der Waals surface area contributed by atoms with E-state index in [4.69, 9.17) is 4.98 Å². The lowest BCUT2D eigenvalue weighted by Gasteiger charge is -2.17. The summed E-state index contributed by atoms with van der Waals surface area (Å²) < 4.78 is 1.75. The van der Waals surface area contributed by atoms with Crippen LogP contribution >= 0.6 is 0 Å². The van der Waals surface area contributed by atoms with E-state index in [-0.39, 0.29) is 11.9 Å². The molecule has 1 atom stereocenters. The van der Waals surface area contributed by atoms with Crippen molar-refractivity contribution in [3.8, 4) is 5.69 Å².